The standard InChI is InChI=1S/C14H19N3/c1-3-14-12(10-15-4-2)11-16-17(14)13-8-6-5-7-9-13/h5-9,11,15H,3-4,10H2,1-2H3. The summed E-state index contributed by atoms with van der Waals surface area (Å²) in [6.07, 6.45) is 2.96. The summed E-state index contributed by atoms with van der Waals surface area (Å²) in [5, 5.41) is 7.84. The predicted octanol–water partition coefficient (Wildman–Crippen LogP) is 2.54. The molecule has 0 unspecified atom stereocenters. The van der Waals surface area contributed by atoms with Crippen LogP contribution in [0.4, 0.5) is 0 Å². The van der Waals surface area contributed by atoms with Crippen LogP contribution in [0.25, 0.3) is 5.69 Å². The molecule has 17 heavy (non-hydrogen) atoms. The number of benzene rings is 1. The van der Waals surface area contributed by atoms with Crippen molar-refractivity contribution >= 4 is 0 Å². The fourth-order valence-electron chi connectivity index (χ4n) is 1.98. The van der Waals surface area contributed by atoms with Gasteiger partial charge in [0.1, 0.15) is 0 Å². The fraction of sp³-hybridized carbons (Fsp3) is 0.357. The minimum Gasteiger partial charge on any atom is -0.313 e. The Balaban J connectivity index is 2.32. The van der Waals surface area contributed by atoms with Crippen LogP contribution in [0.1, 0.15) is 25.1 Å². The molecule has 0 radical (unpaired) electrons. The maximum atomic E-state index is 4.49. The highest BCUT2D eigenvalue weighted by molar-refractivity contribution is 5.34. The SMILES string of the molecule is CCNCc1cnn(-c2ccccc2)c1CC. The van der Waals surface area contributed by atoms with Gasteiger partial charge in [-0.25, -0.2) is 4.68 Å². The number of nitrogens with zero attached hydrogens (tertiary/aromatic N) is 2. The van der Waals surface area contributed by atoms with Crippen molar-refractivity contribution in [2.75, 3.05) is 6.54 Å². The molecule has 1 N–H and O–H groups in total. The molecule has 1 heterocycles. The molecule has 0 spiro atoms. The van der Waals surface area contributed by atoms with Crippen LogP contribution in [-0.4, -0.2) is 16.3 Å². The van der Waals surface area contributed by atoms with E-state index < -0.39 is 0 Å². The van der Waals surface area contributed by atoms with Gasteiger partial charge < -0.3 is 5.32 Å². The molecular formula is C14H19N3. The molecule has 0 atom stereocenters. The second-order valence-electron chi connectivity index (χ2n) is 4.00. The topological polar surface area (TPSA) is 29.9 Å². The first kappa shape index (κ1) is 11.9. The molecule has 0 saturated carbocycles. The lowest BCUT2D eigenvalue weighted by Gasteiger charge is -2.08. The molecule has 0 fully saturated rings. The van der Waals surface area contributed by atoms with Crippen LogP contribution < -0.4 is 5.32 Å². The maximum absolute atomic E-state index is 4.49. The zero-order chi connectivity index (χ0) is 12.1. The van der Waals surface area contributed by atoms with E-state index in [4.69, 9.17) is 0 Å². The van der Waals surface area contributed by atoms with E-state index in [-0.39, 0.29) is 0 Å². The highest BCUT2D eigenvalue weighted by Crippen LogP contribution is 2.15. The maximum Gasteiger partial charge on any atom is 0.0648 e. The van der Waals surface area contributed by atoms with Crippen molar-refractivity contribution in [3.05, 3.63) is 47.8 Å². The quantitative estimate of drug-likeness (QED) is 0.854. The second kappa shape index (κ2) is 5.64. The van der Waals surface area contributed by atoms with E-state index in [1.807, 2.05) is 29.1 Å². The number of nitrogens with one attached hydrogen (secondary N) is 1. The third-order valence-corrected chi connectivity index (χ3v) is 2.86. The first-order valence-electron chi connectivity index (χ1n) is 6.18. The van der Waals surface area contributed by atoms with E-state index in [9.17, 15) is 0 Å². The van der Waals surface area contributed by atoms with E-state index in [1.165, 1.54) is 11.3 Å². The molecule has 0 aliphatic carbocycles. The van der Waals surface area contributed by atoms with E-state index in [1.54, 1.807) is 0 Å². The first-order valence-corrected chi connectivity index (χ1v) is 6.18. The van der Waals surface area contributed by atoms with Crippen LogP contribution in [0.2, 0.25) is 0 Å². The summed E-state index contributed by atoms with van der Waals surface area (Å²) in [7, 11) is 0. The molecule has 0 saturated heterocycles. The van der Waals surface area contributed by atoms with Crippen LogP contribution in [0, 0.1) is 0 Å². The molecule has 0 aliphatic rings. The van der Waals surface area contributed by atoms with E-state index >= 15 is 0 Å². The molecule has 0 aliphatic heterocycles. The van der Waals surface area contributed by atoms with Gasteiger partial charge in [0.25, 0.3) is 0 Å². The highest BCUT2D eigenvalue weighted by Gasteiger charge is 2.09. The molecule has 0 amide bonds. The summed E-state index contributed by atoms with van der Waals surface area (Å²) >= 11 is 0. The molecule has 2 aromatic rings. The third-order valence-electron chi connectivity index (χ3n) is 2.86. The Hall–Kier alpha value is -1.61. The van der Waals surface area contributed by atoms with Crippen molar-refractivity contribution in [2.45, 2.75) is 26.8 Å². The van der Waals surface area contributed by atoms with Gasteiger partial charge in [0.15, 0.2) is 0 Å². The third kappa shape index (κ3) is 2.56. The molecule has 3 heteroatoms. The lowest BCUT2D eigenvalue weighted by atomic mass is 10.2. The smallest absolute Gasteiger partial charge is 0.0648 e. The van der Waals surface area contributed by atoms with Crippen LogP contribution in [-0.2, 0) is 13.0 Å². The van der Waals surface area contributed by atoms with Gasteiger partial charge in [-0.2, -0.15) is 5.10 Å². The Labute approximate surface area is 102 Å². The Kier molecular flexibility index (Phi) is 3.94. The van der Waals surface area contributed by atoms with Crippen LogP contribution >= 0.6 is 0 Å². The monoisotopic (exact) mass is 229 g/mol. The number of aromatic nitrogens is 2. The average Bonchev–Trinajstić information content (AvgIpc) is 2.80. The molecule has 2 rings (SSSR count). The lowest BCUT2D eigenvalue weighted by molar-refractivity contribution is 0.716. The Morgan fingerprint density at radius 1 is 1.18 bits per heavy atom. The largest absolute Gasteiger partial charge is 0.313 e. The molecule has 3 nitrogen and oxygen atoms in total. The zero-order valence-corrected chi connectivity index (χ0v) is 10.5. The van der Waals surface area contributed by atoms with Gasteiger partial charge in [0.2, 0.25) is 0 Å². The number of hydrogen-bond acceptors (Lipinski definition) is 2. The van der Waals surface area contributed by atoms with Crippen LogP contribution in [0.15, 0.2) is 36.5 Å². The van der Waals surface area contributed by atoms with Crippen LogP contribution in [0.3, 0.4) is 0 Å². The van der Waals surface area contributed by atoms with Gasteiger partial charge in [0.05, 0.1) is 11.9 Å². The summed E-state index contributed by atoms with van der Waals surface area (Å²) in [6.45, 7) is 6.17. The molecule has 90 valence electrons. The number of rotatable bonds is 5. The fourth-order valence-corrected chi connectivity index (χ4v) is 1.98. The van der Waals surface area contributed by atoms with Gasteiger partial charge >= 0.3 is 0 Å². The van der Waals surface area contributed by atoms with Gasteiger partial charge in [-0.3, -0.25) is 0 Å². The highest BCUT2D eigenvalue weighted by atomic mass is 15.3. The molecule has 0 bridgehead atoms. The minimum atomic E-state index is 0.895. The van der Waals surface area contributed by atoms with Crippen molar-refractivity contribution in [2.24, 2.45) is 0 Å². The van der Waals surface area contributed by atoms with E-state index in [0.717, 1.165) is 25.2 Å². The summed E-state index contributed by atoms with van der Waals surface area (Å²) in [6, 6.07) is 10.3. The number of hydrogen-bond donors (Lipinski definition) is 1. The molecule has 1 aromatic carbocycles. The van der Waals surface area contributed by atoms with Crippen molar-refractivity contribution in [1.82, 2.24) is 15.1 Å². The molecule has 1 aromatic heterocycles. The van der Waals surface area contributed by atoms with Crippen LogP contribution in [0.5, 0.6) is 0 Å². The number of para-hydroxylation sites is 1. The zero-order valence-electron chi connectivity index (χ0n) is 10.5. The summed E-state index contributed by atoms with van der Waals surface area (Å²) in [4.78, 5) is 0. The summed E-state index contributed by atoms with van der Waals surface area (Å²) in [5.41, 5.74) is 3.71. The van der Waals surface area contributed by atoms with E-state index in [0.29, 0.717) is 0 Å². The summed E-state index contributed by atoms with van der Waals surface area (Å²) in [5.74, 6) is 0. The minimum absolute atomic E-state index is 0.895. The summed E-state index contributed by atoms with van der Waals surface area (Å²) < 4.78 is 2.03. The van der Waals surface area contributed by atoms with Gasteiger partial charge in [-0.05, 0) is 25.1 Å². The van der Waals surface area contributed by atoms with Gasteiger partial charge in [-0.15, -0.1) is 0 Å². The average molecular weight is 229 g/mol. The first-order chi connectivity index (χ1) is 8.36. The van der Waals surface area contributed by atoms with E-state index in [2.05, 4.69) is 36.4 Å². The predicted molar refractivity (Wildman–Crippen MR) is 70.3 cm³/mol. The normalized spacial score (nSPS) is 10.7. The Morgan fingerprint density at radius 2 is 1.94 bits per heavy atom. The van der Waals surface area contributed by atoms with Crippen molar-refractivity contribution < 1.29 is 0 Å². The second-order valence-corrected chi connectivity index (χ2v) is 4.00. The Morgan fingerprint density at radius 3 is 2.59 bits per heavy atom. The van der Waals surface area contributed by atoms with Crippen molar-refractivity contribution in [3.8, 4) is 5.69 Å². The van der Waals surface area contributed by atoms with Gasteiger partial charge in [0, 0.05) is 17.8 Å². The molecular weight excluding hydrogens is 210 g/mol. The lowest BCUT2D eigenvalue weighted by Crippen LogP contribution is -2.13. The Bertz CT molecular complexity index is 460. The van der Waals surface area contributed by atoms with Crippen molar-refractivity contribution in [3.63, 3.8) is 0 Å². The van der Waals surface area contributed by atoms with Crippen molar-refractivity contribution in [1.29, 1.82) is 0 Å². The van der Waals surface area contributed by atoms with Gasteiger partial charge in [-0.1, -0.05) is 32.0 Å².